The number of rotatable bonds is 3. The van der Waals surface area contributed by atoms with Gasteiger partial charge in [0.15, 0.2) is 0 Å². The molecule has 0 fully saturated rings. The molecule has 0 bridgehead atoms. The summed E-state index contributed by atoms with van der Waals surface area (Å²) < 4.78 is 43.1. The topological polar surface area (TPSA) is 81.4 Å². The zero-order chi connectivity index (χ0) is 16.4. The third-order valence-electron chi connectivity index (χ3n) is 2.56. The van der Waals surface area contributed by atoms with Crippen molar-refractivity contribution in [2.75, 3.05) is 11.1 Å². The second-order valence-electron chi connectivity index (χ2n) is 4.32. The number of esters is 1. The molecule has 116 valence electrons. The van der Waals surface area contributed by atoms with Gasteiger partial charge in [-0.15, -0.1) is 0 Å². The van der Waals surface area contributed by atoms with Crippen molar-refractivity contribution in [1.82, 2.24) is 0 Å². The van der Waals surface area contributed by atoms with Crippen LogP contribution in [-0.2, 0) is 14.3 Å². The number of ether oxygens (including phenoxy) is 1. The lowest BCUT2D eigenvalue weighted by molar-refractivity contribution is -0.253. The summed E-state index contributed by atoms with van der Waals surface area (Å²) in [7, 11) is 0. The summed E-state index contributed by atoms with van der Waals surface area (Å²) >= 11 is 5.76. The maximum absolute atomic E-state index is 13.0. The molecule has 1 rings (SSSR count). The summed E-state index contributed by atoms with van der Waals surface area (Å²) in [6.07, 6.45) is -5.09. The largest absolute Gasteiger partial charge is 0.439 e. The van der Waals surface area contributed by atoms with Gasteiger partial charge in [-0.2, -0.15) is 13.2 Å². The molecule has 0 radical (unpaired) electrons. The van der Waals surface area contributed by atoms with Gasteiger partial charge in [0.05, 0.1) is 10.7 Å². The second-order valence-corrected chi connectivity index (χ2v) is 4.73. The van der Waals surface area contributed by atoms with Crippen LogP contribution in [0.3, 0.4) is 0 Å². The van der Waals surface area contributed by atoms with E-state index in [0.29, 0.717) is 6.92 Å². The number of alkyl halides is 3. The van der Waals surface area contributed by atoms with E-state index in [-0.39, 0.29) is 16.4 Å². The third kappa shape index (κ3) is 3.78. The minimum absolute atomic E-state index is 0.0456. The van der Waals surface area contributed by atoms with Crippen molar-refractivity contribution in [1.29, 1.82) is 0 Å². The van der Waals surface area contributed by atoms with Crippen molar-refractivity contribution in [3.8, 4) is 0 Å². The van der Waals surface area contributed by atoms with Crippen molar-refractivity contribution in [2.45, 2.75) is 25.6 Å². The summed E-state index contributed by atoms with van der Waals surface area (Å²) in [6.45, 7) is 1.22. The van der Waals surface area contributed by atoms with E-state index < -0.39 is 23.7 Å². The Kier molecular flexibility index (Phi) is 4.72. The monoisotopic (exact) mass is 324 g/mol. The van der Waals surface area contributed by atoms with Gasteiger partial charge in [-0.1, -0.05) is 11.6 Å². The van der Waals surface area contributed by atoms with Crippen LogP contribution in [0.4, 0.5) is 24.5 Å². The maximum Gasteiger partial charge on any atom is 0.437 e. The molecular weight excluding hydrogens is 313 g/mol. The van der Waals surface area contributed by atoms with Gasteiger partial charge in [-0.25, -0.2) is 0 Å². The summed E-state index contributed by atoms with van der Waals surface area (Å²) in [5, 5.41) is 1.92. The van der Waals surface area contributed by atoms with E-state index in [0.717, 1.165) is 6.92 Å². The van der Waals surface area contributed by atoms with Gasteiger partial charge in [0.2, 0.25) is 0 Å². The first-order valence-electron chi connectivity index (χ1n) is 5.60. The van der Waals surface area contributed by atoms with E-state index in [4.69, 9.17) is 17.3 Å². The second kappa shape index (κ2) is 5.80. The zero-order valence-corrected chi connectivity index (χ0v) is 11.8. The molecule has 5 nitrogen and oxygen atoms in total. The molecule has 0 saturated heterocycles. The number of halogens is 4. The molecule has 0 spiro atoms. The number of hydrogen-bond donors (Lipinski definition) is 2. The molecule has 21 heavy (non-hydrogen) atoms. The zero-order valence-electron chi connectivity index (χ0n) is 11.0. The lowest BCUT2D eigenvalue weighted by Gasteiger charge is -2.29. The van der Waals surface area contributed by atoms with Crippen LogP contribution in [0.2, 0.25) is 5.02 Å². The Morgan fingerprint density at radius 2 is 1.90 bits per heavy atom. The van der Waals surface area contributed by atoms with Crippen LogP contribution in [0, 0.1) is 0 Å². The normalized spacial score (nSPS) is 14.2. The molecule has 0 aliphatic rings. The summed E-state index contributed by atoms with van der Waals surface area (Å²) in [5.74, 6) is -2.81. The quantitative estimate of drug-likeness (QED) is 0.661. The lowest BCUT2D eigenvalue weighted by Crippen LogP contribution is -2.55. The number of nitrogens with two attached hydrogens (primary N) is 1. The minimum atomic E-state index is -5.09. The number of benzene rings is 1. The third-order valence-corrected chi connectivity index (χ3v) is 2.88. The summed E-state index contributed by atoms with van der Waals surface area (Å²) in [4.78, 5) is 22.7. The van der Waals surface area contributed by atoms with Gasteiger partial charge in [0.1, 0.15) is 0 Å². The maximum atomic E-state index is 13.0. The number of carbonyl (C=O) groups is 2. The number of nitrogens with one attached hydrogen (secondary N) is 1. The van der Waals surface area contributed by atoms with E-state index in [9.17, 15) is 22.8 Å². The van der Waals surface area contributed by atoms with E-state index in [2.05, 4.69) is 4.74 Å². The standard InChI is InChI=1S/C12H12ClF3N2O3/c1-6(19)21-11(2,12(14,15)16)10(20)18-9-4-3-7(17)5-8(9)13/h3-5H,17H2,1-2H3,(H,18,20). The van der Waals surface area contributed by atoms with Crippen LogP contribution >= 0.6 is 11.6 Å². The number of anilines is 2. The molecular formula is C12H12ClF3N2O3. The predicted octanol–water partition coefficient (Wildman–Crippen LogP) is 2.74. The number of carbonyl (C=O) groups excluding carboxylic acids is 2. The average Bonchev–Trinajstić information content (AvgIpc) is 2.30. The van der Waals surface area contributed by atoms with Crippen molar-refractivity contribution in [2.24, 2.45) is 0 Å². The molecule has 1 aromatic carbocycles. The van der Waals surface area contributed by atoms with Gasteiger partial charge in [-0.05, 0) is 25.1 Å². The fourth-order valence-corrected chi connectivity index (χ4v) is 1.63. The van der Waals surface area contributed by atoms with Crippen molar-refractivity contribution in [3.63, 3.8) is 0 Å². The molecule has 0 aromatic heterocycles. The molecule has 0 saturated carbocycles. The Labute approximate surface area is 123 Å². The van der Waals surface area contributed by atoms with E-state index in [1.807, 2.05) is 5.32 Å². The highest BCUT2D eigenvalue weighted by Crippen LogP contribution is 2.35. The SMILES string of the molecule is CC(=O)OC(C)(C(=O)Nc1ccc(N)cc1Cl)C(F)(F)F. The van der Waals surface area contributed by atoms with Crippen LogP contribution in [0.25, 0.3) is 0 Å². The molecule has 1 aromatic rings. The van der Waals surface area contributed by atoms with Crippen molar-refractivity contribution < 1.29 is 27.5 Å². The number of nitrogen functional groups attached to an aromatic ring is 1. The average molecular weight is 325 g/mol. The Bertz CT molecular complexity index is 577. The van der Waals surface area contributed by atoms with Gasteiger partial charge in [-0.3, -0.25) is 9.59 Å². The smallest absolute Gasteiger partial charge is 0.437 e. The van der Waals surface area contributed by atoms with Crippen LogP contribution in [0.5, 0.6) is 0 Å². The molecule has 1 atom stereocenters. The van der Waals surface area contributed by atoms with E-state index >= 15 is 0 Å². The van der Waals surface area contributed by atoms with Crippen LogP contribution in [0.1, 0.15) is 13.8 Å². The van der Waals surface area contributed by atoms with Gasteiger partial charge in [0, 0.05) is 12.6 Å². The van der Waals surface area contributed by atoms with Crippen LogP contribution in [0.15, 0.2) is 18.2 Å². The molecule has 3 N–H and O–H groups in total. The van der Waals surface area contributed by atoms with Gasteiger partial charge in [0.25, 0.3) is 11.5 Å². The highest BCUT2D eigenvalue weighted by molar-refractivity contribution is 6.34. The van der Waals surface area contributed by atoms with Crippen LogP contribution in [-0.4, -0.2) is 23.7 Å². The first kappa shape index (κ1) is 17.1. The van der Waals surface area contributed by atoms with E-state index in [1.165, 1.54) is 18.2 Å². The minimum Gasteiger partial charge on any atom is -0.439 e. The Morgan fingerprint density at radius 1 is 1.33 bits per heavy atom. The molecule has 1 unspecified atom stereocenters. The van der Waals surface area contributed by atoms with Crippen molar-refractivity contribution in [3.05, 3.63) is 23.2 Å². The molecule has 0 heterocycles. The predicted molar refractivity (Wildman–Crippen MR) is 70.7 cm³/mol. The molecule has 9 heteroatoms. The summed E-state index contributed by atoms with van der Waals surface area (Å²) in [6, 6.07) is 3.84. The number of amides is 1. The first-order chi connectivity index (χ1) is 9.47. The Balaban J connectivity index is 3.10. The lowest BCUT2D eigenvalue weighted by atomic mass is 10.0. The molecule has 0 aliphatic heterocycles. The Hall–Kier alpha value is -1.96. The van der Waals surface area contributed by atoms with Crippen molar-refractivity contribution >= 4 is 34.9 Å². The highest BCUT2D eigenvalue weighted by Gasteiger charge is 2.60. The first-order valence-corrected chi connectivity index (χ1v) is 5.98. The molecule has 0 aliphatic carbocycles. The van der Waals surface area contributed by atoms with E-state index in [1.54, 1.807) is 0 Å². The fourth-order valence-electron chi connectivity index (χ4n) is 1.39. The molecule has 1 amide bonds. The van der Waals surface area contributed by atoms with Gasteiger partial charge >= 0.3 is 12.1 Å². The highest BCUT2D eigenvalue weighted by atomic mass is 35.5. The van der Waals surface area contributed by atoms with Crippen LogP contribution < -0.4 is 11.1 Å². The van der Waals surface area contributed by atoms with Gasteiger partial charge < -0.3 is 15.8 Å². The summed E-state index contributed by atoms with van der Waals surface area (Å²) in [5.41, 5.74) is 2.29. The number of hydrogen-bond acceptors (Lipinski definition) is 4. The Morgan fingerprint density at radius 3 is 2.33 bits per heavy atom. The fraction of sp³-hybridized carbons (Fsp3) is 0.333.